The van der Waals surface area contributed by atoms with E-state index >= 15 is 0 Å². The first-order valence-electron chi connectivity index (χ1n) is 8.69. The number of hydrogen-bond donors (Lipinski definition) is 2. The van der Waals surface area contributed by atoms with Crippen molar-refractivity contribution in [2.75, 3.05) is 6.67 Å². The van der Waals surface area contributed by atoms with E-state index in [9.17, 15) is 19.2 Å². The molecule has 10 nitrogen and oxygen atoms in total. The molecule has 0 saturated heterocycles. The second kappa shape index (κ2) is 11.4. The molecular formula is C21H18N2O8. The van der Waals surface area contributed by atoms with Crippen molar-refractivity contribution in [3.63, 3.8) is 0 Å². The summed E-state index contributed by atoms with van der Waals surface area (Å²) in [5.41, 5.74) is 0. The molecule has 0 saturated carbocycles. The number of carbonyl (C=O) groups excluding carboxylic acids is 4. The van der Waals surface area contributed by atoms with Gasteiger partial charge in [-0.2, -0.15) is 0 Å². The summed E-state index contributed by atoms with van der Waals surface area (Å²) in [6.07, 6.45) is 0.251. The Labute approximate surface area is 177 Å². The number of carbonyl (C=O) groups is 4. The van der Waals surface area contributed by atoms with Crippen LogP contribution < -0.4 is 29.6 Å². The summed E-state index contributed by atoms with van der Waals surface area (Å²) < 4.78 is 19.9. The molecule has 2 amide bonds. The van der Waals surface area contributed by atoms with Crippen LogP contribution >= 0.6 is 0 Å². The van der Waals surface area contributed by atoms with Gasteiger partial charge in [0.2, 0.25) is 0 Å². The molecule has 10 heteroatoms. The molecule has 0 fully saturated rings. The number of esters is 2. The molecule has 2 aromatic carbocycles. The fraction of sp³-hybridized carbons (Fsp3) is 0.0476. The van der Waals surface area contributed by atoms with Crippen LogP contribution in [0.2, 0.25) is 0 Å². The molecule has 0 unspecified atom stereocenters. The van der Waals surface area contributed by atoms with Gasteiger partial charge in [-0.1, -0.05) is 25.3 Å². The van der Waals surface area contributed by atoms with E-state index in [1.165, 1.54) is 48.5 Å². The molecule has 0 atom stereocenters. The predicted octanol–water partition coefficient (Wildman–Crippen LogP) is 2.70. The second-order valence-electron chi connectivity index (χ2n) is 5.51. The fourth-order valence-electron chi connectivity index (χ4n) is 1.99. The highest BCUT2D eigenvalue weighted by Crippen LogP contribution is 2.20. The van der Waals surface area contributed by atoms with Crippen LogP contribution in [0.25, 0.3) is 0 Å². The first-order valence-corrected chi connectivity index (χ1v) is 8.69. The monoisotopic (exact) mass is 426 g/mol. The van der Waals surface area contributed by atoms with Crippen molar-refractivity contribution in [3.8, 4) is 23.0 Å². The molecule has 0 aromatic heterocycles. The lowest BCUT2D eigenvalue weighted by Gasteiger charge is -2.10. The van der Waals surface area contributed by atoms with Gasteiger partial charge in [0, 0.05) is 24.3 Å². The Balaban J connectivity index is 1.78. The predicted molar refractivity (Wildman–Crippen MR) is 108 cm³/mol. The van der Waals surface area contributed by atoms with Crippen LogP contribution in [0.4, 0.5) is 9.59 Å². The smallest absolute Gasteiger partial charge is 0.413 e. The Hall–Kier alpha value is -4.60. The van der Waals surface area contributed by atoms with Gasteiger partial charge in [-0.05, 0) is 24.3 Å². The molecule has 0 bridgehead atoms. The van der Waals surface area contributed by atoms with E-state index in [2.05, 4.69) is 23.8 Å². The quantitative estimate of drug-likeness (QED) is 0.285. The third kappa shape index (κ3) is 8.11. The molecule has 160 valence electrons. The van der Waals surface area contributed by atoms with E-state index in [4.69, 9.17) is 18.9 Å². The Kier molecular flexibility index (Phi) is 8.35. The largest absolute Gasteiger partial charge is 0.423 e. The third-order valence-corrected chi connectivity index (χ3v) is 3.27. The molecule has 2 aromatic rings. The molecule has 31 heavy (non-hydrogen) atoms. The summed E-state index contributed by atoms with van der Waals surface area (Å²) in [6, 6.07) is 11.6. The van der Waals surface area contributed by atoms with Crippen molar-refractivity contribution in [1.82, 2.24) is 10.6 Å². The Bertz CT molecular complexity index is 923. The van der Waals surface area contributed by atoms with Gasteiger partial charge in [0.25, 0.3) is 0 Å². The lowest BCUT2D eigenvalue weighted by atomic mass is 10.3. The molecule has 0 aliphatic rings. The van der Waals surface area contributed by atoms with E-state index in [-0.39, 0.29) is 29.7 Å². The highest BCUT2D eigenvalue weighted by molar-refractivity contribution is 5.84. The molecule has 0 heterocycles. The highest BCUT2D eigenvalue weighted by Gasteiger charge is 2.09. The topological polar surface area (TPSA) is 129 Å². The van der Waals surface area contributed by atoms with Crippen LogP contribution in [0.5, 0.6) is 23.0 Å². The molecule has 2 rings (SSSR count). The third-order valence-electron chi connectivity index (χ3n) is 3.27. The van der Waals surface area contributed by atoms with Gasteiger partial charge in [0.05, 0.1) is 6.67 Å². The fourth-order valence-corrected chi connectivity index (χ4v) is 1.99. The molecule has 0 radical (unpaired) electrons. The highest BCUT2D eigenvalue weighted by atomic mass is 16.6. The van der Waals surface area contributed by atoms with Crippen molar-refractivity contribution in [2.45, 2.75) is 0 Å². The van der Waals surface area contributed by atoms with Crippen LogP contribution in [0.15, 0.2) is 73.8 Å². The summed E-state index contributed by atoms with van der Waals surface area (Å²) >= 11 is 0. The first-order chi connectivity index (χ1) is 14.9. The number of amides is 2. The van der Waals surface area contributed by atoms with Gasteiger partial charge in [-0.25, -0.2) is 19.2 Å². The van der Waals surface area contributed by atoms with Crippen molar-refractivity contribution < 1.29 is 38.1 Å². The zero-order chi connectivity index (χ0) is 22.6. The standard InChI is InChI=1S/C21H18N2O8/c1-3-18(24)28-14-7-5-9-16(11-14)30-20(26)22-13-23-21(27)31-17-10-6-8-15(12-17)29-19(25)4-2/h3-12H,1-2,13H2,(H,22,26)(H,23,27). The van der Waals surface area contributed by atoms with Crippen LogP contribution in [-0.4, -0.2) is 30.8 Å². The SMILES string of the molecule is C=CC(=O)Oc1cccc(OC(=O)NCNC(=O)Oc2cccc(OC(=O)C=C)c2)c1. The number of hydrogen-bond acceptors (Lipinski definition) is 8. The number of benzene rings is 2. The maximum absolute atomic E-state index is 11.8. The lowest BCUT2D eigenvalue weighted by molar-refractivity contribution is -0.129. The Morgan fingerprint density at radius 1 is 0.677 bits per heavy atom. The summed E-state index contributed by atoms with van der Waals surface area (Å²) in [5, 5.41) is 4.57. The molecule has 0 aliphatic carbocycles. The minimum atomic E-state index is -0.870. The minimum absolute atomic E-state index is 0.111. The zero-order valence-corrected chi connectivity index (χ0v) is 16.2. The Morgan fingerprint density at radius 2 is 1.03 bits per heavy atom. The maximum atomic E-state index is 11.8. The van der Waals surface area contributed by atoms with Gasteiger partial charge in [-0.15, -0.1) is 0 Å². The van der Waals surface area contributed by atoms with Gasteiger partial charge in [0.1, 0.15) is 23.0 Å². The first kappa shape index (κ1) is 22.7. The van der Waals surface area contributed by atoms with Crippen molar-refractivity contribution in [3.05, 3.63) is 73.8 Å². The normalized spacial score (nSPS) is 9.55. The molecule has 0 spiro atoms. The summed E-state index contributed by atoms with van der Waals surface area (Å²) in [6.45, 7) is 6.27. The Morgan fingerprint density at radius 3 is 1.39 bits per heavy atom. The second-order valence-corrected chi connectivity index (χ2v) is 5.51. The van der Waals surface area contributed by atoms with Gasteiger partial charge < -0.3 is 29.6 Å². The van der Waals surface area contributed by atoms with Crippen molar-refractivity contribution >= 4 is 24.1 Å². The van der Waals surface area contributed by atoms with Gasteiger partial charge >= 0.3 is 24.1 Å². The summed E-state index contributed by atoms with van der Waals surface area (Å²) in [7, 11) is 0. The number of nitrogens with one attached hydrogen (secondary N) is 2. The molecular weight excluding hydrogens is 408 g/mol. The summed E-state index contributed by atoms with van der Waals surface area (Å²) in [5.74, 6) is -0.765. The minimum Gasteiger partial charge on any atom is -0.423 e. The average Bonchev–Trinajstić information content (AvgIpc) is 2.74. The van der Waals surface area contributed by atoms with Gasteiger partial charge in [0.15, 0.2) is 0 Å². The lowest BCUT2D eigenvalue weighted by Crippen LogP contribution is -2.39. The number of ether oxygens (including phenoxy) is 4. The number of rotatable bonds is 8. The maximum Gasteiger partial charge on any atom is 0.413 e. The van der Waals surface area contributed by atoms with E-state index in [0.717, 1.165) is 12.2 Å². The van der Waals surface area contributed by atoms with Crippen molar-refractivity contribution in [1.29, 1.82) is 0 Å². The molecule has 0 aliphatic heterocycles. The van der Waals surface area contributed by atoms with E-state index in [1.54, 1.807) is 0 Å². The summed E-state index contributed by atoms with van der Waals surface area (Å²) in [4.78, 5) is 46.0. The van der Waals surface area contributed by atoms with Gasteiger partial charge in [-0.3, -0.25) is 0 Å². The van der Waals surface area contributed by atoms with Crippen LogP contribution in [0.1, 0.15) is 0 Å². The van der Waals surface area contributed by atoms with Crippen LogP contribution in [-0.2, 0) is 9.59 Å². The molecule has 2 N–H and O–H groups in total. The van der Waals surface area contributed by atoms with E-state index in [0.29, 0.717) is 0 Å². The van der Waals surface area contributed by atoms with E-state index < -0.39 is 24.1 Å². The average molecular weight is 426 g/mol. The van der Waals surface area contributed by atoms with E-state index in [1.807, 2.05) is 0 Å². The van der Waals surface area contributed by atoms with Crippen molar-refractivity contribution in [2.24, 2.45) is 0 Å². The van der Waals surface area contributed by atoms with Crippen LogP contribution in [0.3, 0.4) is 0 Å². The van der Waals surface area contributed by atoms with Crippen LogP contribution in [0, 0.1) is 0 Å². The zero-order valence-electron chi connectivity index (χ0n) is 16.2.